The molecule has 0 spiro atoms. The van der Waals surface area contributed by atoms with Gasteiger partial charge in [-0.25, -0.2) is 4.98 Å². The number of hydrogen-bond acceptors (Lipinski definition) is 3. The van der Waals surface area contributed by atoms with Crippen molar-refractivity contribution < 1.29 is 4.79 Å². The number of aromatic nitrogens is 2. The van der Waals surface area contributed by atoms with Crippen LogP contribution in [0.25, 0.3) is 0 Å². The molecular formula is C16H21N3O. The van der Waals surface area contributed by atoms with Gasteiger partial charge in [0.25, 0.3) is 0 Å². The van der Waals surface area contributed by atoms with Gasteiger partial charge in [0.1, 0.15) is 11.6 Å². The molecule has 2 aromatic rings. The predicted octanol–water partition coefficient (Wildman–Crippen LogP) is 2.62. The third-order valence-corrected chi connectivity index (χ3v) is 3.29. The number of imidazole rings is 1. The summed E-state index contributed by atoms with van der Waals surface area (Å²) in [5.41, 5.74) is 7.53. The third kappa shape index (κ3) is 3.95. The summed E-state index contributed by atoms with van der Waals surface area (Å²) >= 11 is 0. The number of aryl methyl sites for hydroxylation is 2. The molecular weight excluding hydrogens is 250 g/mol. The van der Waals surface area contributed by atoms with E-state index in [1.807, 2.05) is 30.5 Å². The Morgan fingerprint density at radius 3 is 2.75 bits per heavy atom. The second kappa shape index (κ2) is 6.89. The number of hydrogen-bond donors (Lipinski definition) is 1. The lowest BCUT2D eigenvalue weighted by Gasteiger charge is -2.06. The number of nitrogens with zero attached hydrogens (tertiary/aromatic N) is 2. The smallest absolute Gasteiger partial charge is 0.140 e. The Balaban J connectivity index is 1.86. The quantitative estimate of drug-likeness (QED) is 0.787. The molecule has 2 rings (SSSR count). The molecule has 0 aliphatic rings. The Hall–Kier alpha value is -2.10. The fourth-order valence-corrected chi connectivity index (χ4v) is 2.18. The number of carbonyl (C=O) groups excluding carboxylic acids is 1. The van der Waals surface area contributed by atoms with Gasteiger partial charge < -0.3 is 10.3 Å². The van der Waals surface area contributed by atoms with Crippen LogP contribution in [0.1, 0.15) is 31.2 Å². The van der Waals surface area contributed by atoms with Gasteiger partial charge in [-0.3, -0.25) is 4.79 Å². The van der Waals surface area contributed by atoms with E-state index in [2.05, 4.69) is 16.5 Å². The zero-order valence-electron chi connectivity index (χ0n) is 11.9. The molecule has 0 saturated heterocycles. The lowest BCUT2D eigenvalue weighted by molar-refractivity contribution is -0.118. The van der Waals surface area contributed by atoms with Crippen molar-refractivity contribution >= 4 is 11.5 Å². The van der Waals surface area contributed by atoms with Crippen molar-refractivity contribution in [2.75, 3.05) is 5.73 Å². The van der Waals surface area contributed by atoms with Crippen LogP contribution < -0.4 is 5.73 Å². The zero-order valence-corrected chi connectivity index (χ0v) is 11.9. The van der Waals surface area contributed by atoms with Crippen LogP contribution in [0.4, 0.5) is 5.69 Å². The number of anilines is 1. The molecule has 1 aromatic heterocycles. The minimum Gasteiger partial charge on any atom is -0.399 e. The highest BCUT2D eigenvalue weighted by atomic mass is 16.1. The number of rotatable bonds is 7. The first kappa shape index (κ1) is 14.3. The number of nitrogen functional groups attached to an aromatic ring is 1. The fraction of sp³-hybridized carbons (Fsp3) is 0.375. The first-order valence-electron chi connectivity index (χ1n) is 7.05. The first-order valence-corrected chi connectivity index (χ1v) is 7.05. The Bertz CT molecular complexity index is 557. The van der Waals surface area contributed by atoms with E-state index in [0.29, 0.717) is 12.8 Å². The van der Waals surface area contributed by atoms with Crippen LogP contribution >= 0.6 is 0 Å². The number of Topliss-reactive ketones (excluding diaryl/α,β-unsaturated/α-hetero) is 1. The average Bonchev–Trinajstić information content (AvgIpc) is 2.86. The molecule has 20 heavy (non-hydrogen) atoms. The summed E-state index contributed by atoms with van der Waals surface area (Å²) in [7, 11) is 0. The van der Waals surface area contributed by atoms with Gasteiger partial charge in [-0.05, 0) is 30.5 Å². The number of carbonyl (C=O) groups is 1. The molecule has 0 fully saturated rings. The molecule has 0 amide bonds. The molecule has 0 radical (unpaired) electrons. The van der Waals surface area contributed by atoms with Crippen molar-refractivity contribution in [3.63, 3.8) is 0 Å². The summed E-state index contributed by atoms with van der Waals surface area (Å²) in [6.45, 7) is 3.04. The van der Waals surface area contributed by atoms with Crippen LogP contribution in [0, 0.1) is 0 Å². The normalized spacial score (nSPS) is 10.7. The standard InChI is InChI=1S/C16H21N3O/c1-2-10-19-11-9-18-16(19)12-15(20)8-5-13-3-6-14(17)7-4-13/h3-4,6-7,9,11H,2,5,8,10,12,17H2,1H3. The van der Waals surface area contributed by atoms with E-state index in [9.17, 15) is 4.79 Å². The van der Waals surface area contributed by atoms with E-state index >= 15 is 0 Å². The van der Waals surface area contributed by atoms with Gasteiger partial charge in [-0.2, -0.15) is 0 Å². The average molecular weight is 271 g/mol. The molecule has 2 N–H and O–H groups in total. The summed E-state index contributed by atoms with van der Waals surface area (Å²) in [4.78, 5) is 16.3. The summed E-state index contributed by atoms with van der Waals surface area (Å²) in [6.07, 6.45) is 6.46. The Labute approximate surface area is 119 Å². The van der Waals surface area contributed by atoms with Crippen LogP contribution in [0.5, 0.6) is 0 Å². The van der Waals surface area contributed by atoms with Crippen molar-refractivity contribution in [2.24, 2.45) is 0 Å². The van der Waals surface area contributed by atoms with Crippen LogP contribution in [0.2, 0.25) is 0 Å². The van der Waals surface area contributed by atoms with Crippen LogP contribution in [0.15, 0.2) is 36.7 Å². The van der Waals surface area contributed by atoms with Gasteiger partial charge in [-0.1, -0.05) is 19.1 Å². The molecule has 0 unspecified atom stereocenters. The molecule has 0 bridgehead atoms. The lowest BCUT2D eigenvalue weighted by atomic mass is 10.1. The molecule has 0 aliphatic heterocycles. The Morgan fingerprint density at radius 1 is 1.30 bits per heavy atom. The van der Waals surface area contributed by atoms with Gasteiger partial charge >= 0.3 is 0 Å². The van der Waals surface area contributed by atoms with E-state index in [1.54, 1.807) is 6.20 Å². The van der Waals surface area contributed by atoms with Crippen molar-refractivity contribution in [1.82, 2.24) is 9.55 Å². The second-order valence-electron chi connectivity index (χ2n) is 4.99. The van der Waals surface area contributed by atoms with Gasteiger partial charge in [0, 0.05) is 31.0 Å². The maximum atomic E-state index is 12.0. The number of nitrogens with two attached hydrogens (primary N) is 1. The van der Waals surface area contributed by atoms with Gasteiger partial charge in [-0.15, -0.1) is 0 Å². The summed E-state index contributed by atoms with van der Waals surface area (Å²) in [5.74, 6) is 1.10. The summed E-state index contributed by atoms with van der Waals surface area (Å²) in [5, 5.41) is 0. The summed E-state index contributed by atoms with van der Waals surface area (Å²) in [6, 6.07) is 7.68. The number of ketones is 1. The minimum absolute atomic E-state index is 0.227. The fourth-order valence-electron chi connectivity index (χ4n) is 2.18. The lowest BCUT2D eigenvalue weighted by Crippen LogP contribution is -2.10. The topological polar surface area (TPSA) is 60.9 Å². The highest BCUT2D eigenvalue weighted by Crippen LogP contribution is 2.09. The second-order valence-corrected chi connectivity index (χ2v) is 4.99. The van der Waals surface area contributed by atoms with E-state index < -0.39 is 0 Å². The zero-order chi connectivity index (χ0) is 14.4. The van der Waals surface area contributed by atoms with Gasteiger partial charge in [0.05, 0.1) is 6.42 Å². The van der Waals surface area contributed by atoms with E-state index in [0.717, 1.165) is 36.5 Å². The molecule has 1 aromatic carbocycles. The molecule has 4 nitrogen and oxygen atoms in total. The van der Waals surface area contributed by atoms with Crippen LogP contribution in [-0.4, -0.2) is 15.3 Å². The van der Waals surface area contributed by atoms with E-state index in [-0.39, 0.29) is 5.78 Å². The SMILES string of the molecule is CCCn1ccnc1CC(=O)CCc1ccc(N)cc1. The van der Waals surface area contributed by atoms with Crippen molar-refractivity contribution in [3.05, 3.63) is 48.0 Å². The van der Waals surface area contributed by atoms with Gasteiger partial charge in [0.15, 0.2) is 0 Å². The highest BCUT2D eigenvalue weighted by Gasteiger charge is 2.09. The van der Waals surface area contributed by atoms with Crippen LogP contribution in [-0.2, 0) is 24.2 Å². The predicted molar refractivity (Wildman–Crippen MR) is 80.4 cm³/mol. The van der Waals surface area contributed by atoms with Crippen molar-refractivity contribution in [1.29, 1.82) is 0 Å². The van der Waals surface area contributed by atoms with E-state index in [4.69, 9.17) is 5.73 Å². The number of benzene rings is 1. The molecule has 106 valence electrons. The minimum atomic E-state index is 0.227. The molecule has 4 heteroatoms. The van der Waals surface area contributed by atoms with Crippen LogP contribution in [0.3, 0.4) is 0 Å². The maximum absolute atomic E-state index is 12.0. The third-order valence-electron chi connectivity index (χ3n) is 3.29. The molecule has 0 saturated carbocycles. The monoisotopic (exact) mass is 271 g/mol. The van der Waals surface area contributed by atoms with Crippen molar-refractivity contribution in [2.45, 2.75) is 39.2 Å². The van der Waals surface area contributed by atoms with Crippen molar-refractivity contribution in [3.8, 4) is 0 Å². The molecule has 0 aliphatic carbocycles. The molecule has 0 atom stereocenters. The van der Waals surface area contributed by atoms with E-state index in [1.165, 1.54) is 0 Å². The molecule has 1 heterocycles. The Kier molecular flexibility index (Phi) is 4.93. The van der Waals surface area contributed by atoms with Gasteiger partial charge in [0.2, 0.25) is 0 Å². The largest absolute Gasteiger partial charge is 0.399 e. The highest BCUT2D eigenvalue weighted by molar-refractivity contribution is 5.80. The summed E-state index contributed by atoms with van der Waals surface area (Å²) < 4.78 is 2.06. The Morgan fingerprint density at radius 2 is 2.05 bits per heavy atom. The maximum Gasteiger partial charge on any atom is 0.140 e. The first-order chi connectivity index (χ1) is 9.69.